The number of rotatable bonds is 12. The molecule has 2 aromatic rings. The Balaban J connectivity index is 2.29. The second kappa shape index (κ2) is 12.9. The van der Waals surface area contributed by atoms with Crippen LogP contribution in [0.2, 0.25) is 0 Å². The van der Waals surface area contributed by atoms with Gasteiger partial charge in [0, 0.05) is 18.1 Å². The normalized spacial score (nSPS) is 12.3. The summed E-state index contributed by atoms with van der Waals surface area (Å²) in [6.45, 7) is 3.56. The molecule has 2 aromatic carbocycles. The quantitative estimate of drug-likeness (QED) is 0.343. The van der Waals surface area contributed by atoms with E-state index in [0.717, 1.165) is 28.0 Å². The summed E-state index contributed by atoms with van der Waals surface area (Å²) < 4.78 is 11.2. The number of amides is 1. The summed E-state index contributed by atoms with van der Waals surface area (Å²) in [4.78, 5) is 29.0. The number of thioether (sulfide) groups is 1. The van der Waals surface area contributed by atoms with Crippen LogP contribution in [0.1, 0.15) is 25.0 Å². The molecule has 0 fully saturated rings. The van der Waals surface area contributed by atoms with Crippen LogP contribution in [-0.4, -0.2) is 56.3 Å². The van der Waals surface area contributed by atoms with Crippen molar-refractivity contribution in [3.63, 3.8) is 0 Å². The van der Waals surface area contributed by atoms with E-state index >= 15 is 0 Å². The monoisotopic (exact) mass is 488 g/mol. The molecule has 0 unspecified atom stereocenters. The molecule has 34 heavy (non-hydrogen) atoms. The van der Waals surface area contributed by atoms with Crippen molar-refractivity contribution < 1.29 is 29.0 Å². The third-order valence-electron chi connectivity index (χ3n) is 5.13. The Kier molecular flexibility index (Phi) is 10.2. The first-order valence-corrected chi connectivity index (χ1v) is 12.1. The molecule has 0 bridgehead atoms. The maximum absolute atomic E-state index is 12.5. The first-order valence-electron chi connectivity index (χ1n) is 10.7. The van der Waals surface area contributed by atoms with E-state index in [2.05, 4.69) is 10.5 Å². The van der Waals surface area contributed by atoms with Gasteiger partial charge in [0.2, 0.25) is 0 Å². The number of carbonyl (C=O) groups is 2. The van der Waals surface area contributed by atoms with Gasteiger partial charge in [-0.15, -0.1) is 0 Å². The average Bonchev–Trinajstić information content (AvgIpc) is 2.81. The van der Waals surface area contributed by atoms with Gasteiger partial charge >= 0.3 is 5.97 Å². The van der Waals surface area contributed by atoms with E-state index < -0.39 is 17.9 Å². The van der Waals surface area contributed by atoms with Crippen molar-refractivity contribution in [1.82, 2.24) is 5.32 Å². The number of carboxylic acid groups (broad SMARTS) is 1. The second-order valence-electron chi connectivity index (χ2n) is 7.89. The lowest BCUT2D eigenvalue weighted by Gasteiger charge is -2.18. The fourth-order valence-electron chi connectivity index (χ4n) is 3.48. The Hall–Kier alpha value is -3.20. The van der Waals surface area contributed by atoms with E-state index in [1.165, 1.54) is 7.11 Å². The minimum Gasteiger partial charge on any atom is -0.496 e. The lowest BCUT2D eigenvalue weighted by Crippen LogP contribution is -2.46. The van der Waals surface area contributed by atoms with Crippen LogP contribution in [0.3, 0.4) is 0 Å². The highest BCUT2D eigenvalue weighted by molar-refractivity contribution is 7.97. The number of nitrogens with zero attached hydrogens (tertiary/aromatic N) is 1. The van der Waals surface area contributed by atoms with Crippen molar-refractivity contribution in [2.75, 3.05) is 27.6 Å². The van der Waals surface area contributed by atoms with E-state index in [9.17, 15) is 14.7 Å². The zero-order chi connectivity index (χ0) is 25.3. The van der Waals surface area contributed by atoms with Gasteiger partial charge in [-0.1, -0.05) is 43.3 Å². The molecule has 0 spiro atoms. The predicted octanol–water partition coefficient (Wildman–Crippen LogP) is 4.00. The zero-order valence-electron chi connectivity index (χ0n) is 20.4. The lowest BCUT2D eigenvalue weighted by atomic mass is 9.98. The van der Waals surface area contributed by atoms with E-state index in [1.54, 1.807) is 39.8 Å². The fourth-order valence-corrected chi connectivity index (χ4v) is 3.98. The van der Waals surface area contributed by atoms with Gasteiger partial charge in [0.15, 0.2) is 0 Å². The Morgan fingerprint density at radius 1 is 1.03 bits per heavy atom. The number of methoxy groups -OCH3 is 2. The Labute approximate surface area is 204 Å². The van der Waals surface area contributed by atoms with Crippen molar-refractivity contribution in [2.45, 2.75) is 32.1 Å². The SMILES string of the molecule is CON=C(C(=O)N[C@@H](Cc1ccc(-c2c(OC)cc(CSC)cc2OC)cc1)C(=O)O)C(C)C. The molecule has 1 atom stereocenters. The summed E-state index contributed by atoms with van der Waals surface area (Å²) in [6.07, 6.45) is 2.15. The van der Waals surface area contributed by atoms with Crippen LogP contribution in [0.4, 0.5) is 0 Å². The minimum atomic E-state index is -1.13. The summed E-state index contributed by atoms with van der Waals surface area (Å²) >= 11 is 1.71. The van der Waals surface area contributed by atoms with Gasteiger partial charge in [-0.3, -0.25) is 4.79 Å². The van der Waals surface area contributed by atoms with Gasteiger partial charge in [-0.25, -0.2) is 4.79 Å². The van der Waals surface area contributed by atoms with Gasteiger partial charge in [0.05, 0.1) is 19.8 Å². The van der Waals surface area contributed by atoms with Crippen LogP contribution in [0.5, 0.6) is 11.5 Å². The number of carbonyl (C=O) groups excluding carboxylic acids is 1. The molecule has 0 aliphatic rings. The first kappa shape index (κ1) is 27.0. The fraction of sp³-hybridized carbons (Fsp3) is 0.400. The minimum absolute atomic E-state index is 0.112. The van der Waals surface area contributed by atoms with Crippen LogP contribution in [0.25, 0.3) is 11.1 Å². The Bertz CT molecular complexity index is 996. The molecule has 0 saturated heterocycles. The van der Waals surface area contributed by atoms with Crippen LogP contribution >= 0.6 is 11.8 Å². The molecule has 0 saturated carbocycles. The second-order valence-corrected chi connectivity index (χ2v) is 8.75. The van der Waals surface area contributed by atoms with E-state index in [1.807, 2.05) is 42.7 Å². The van der Waals surface area contributed by atoms with Crippen LogP contribution in [-0.2, 0) is 26.6 Å². The highest BCUT2D eigenvalue weighted by Crippen LogP contribution is 2.40. The maximum atomic E-state index is 12.5. The summed E-state index contributed by atoms with van der Waals surface area (Å²) in [7, 11) is 4.58. The van der Waals surface area contributed by atoms with Crippen LogP contribution in [0.15, 0.2) is 41.6 Å². The van der Waals surface area contributed by atoms with Crippen molar-refractivity contribution in [1.29, 1.82) is 0 Å². The number of hydrogen-bond acceptors (Lipinski definition) is 7. The number of ether oxygens (including phenoxy) is 2. The summed E-state index contributed by atoms with van der Waals surface area (Å²) in [6, 6.07) is 10.3. The third-order valence-corrected chi connectivity index (χ3v) is 5.75. The molecule has 1 amide bonds. The number of hydrogen-bond donors (Lipinski definition) is 2. The Morgan fingerprint density at radius 3 is 2.06 bits per heavy atom. The number of aliphatic carboxylic acids is 1. The molecule has 0 heterocycles. The number of nitrogens with one attached hydrogen (secondary N) is 1. The molecule has 184 valence electrons. The molecule has 8 nitrogen and oxygen atoms in total. The van der Waals surface area contributed by atoms with Gasteiger partial charge in [-0.05, 0) is 35.1 Å². The molecule has 0 radical (unpaired) electrons. The van der Waals surface area contributed by atoms with Crippen LogP contribution < -0.4 is 14.8 Å². The number of benzene rings is 2. The van der Waals surface area contributed by atoms with Crippen LogP contribution in [0, 0.1) is 5.92 Å². The standard InChI is InChI=1S/C25H32N2O6S/c1-15(2)23(27-33-5)24(28)26-19(25(29)30)11-16-7-9-18(10-8-16)22-20(31-3)12-17(14-34-6)13-21(22)32-4/h7-10,12-13,15,19H,11,14H2,1-6H3,(H,26,28)(H,29,30)/t19-/m0/s1. The number of carboxylic acids is 1. The zero-order valence-corrected chi connectivity index (χ0v) is 21.2. The topological polar surface area (TPSA) is 106 Å². The van der Waals surface area contributed by atoms with Gasteiger partial charge in [-0.2, -0.15) is 11.8 Å². The van der Waals surface area contributed by atoms with E-state index in [4.69, 9.17) is 14.3 Å². The van der Waals surface area contributed by atoms with Gasteiger partial charge in [0.1, 0.15) is 30.4 Å². The van der Waals surface area contributed by atoms with Crippen molar-refractivity contribution >= 4 is 29.4 Å². The first-order chi connectivity index (χ1) is 16.2. The highest BCUT2D eigenvalue weighted by atomic mass is 32.2. The highest BCUT2D eigenvalue weighted by Gasteiger charge is 2.25. The van der Waals surface area contributed by atoms with Crippen molar-refractivity contribution in [3.8, 4) is 22.6 Å². The summed E-state index contributed by atoms with van der Waals surface area (Å²) in [5, 5.41) is 15.9. The molecule has 2 rings (SSSR count). The largest absolute Gasteiger partial charge is 0.496 e. The Morgan fingerprint density at radius 2 is 1.62 bits per heavy atom. The molecule has 2 N–H and O–H groups in total. The molecular weight excluding hydrogens is 456 g/mol. The maximum Gasteiger partial charge on any atom is 0.326 e. The summed E-state index contributed by atoms with van der Waals surface area (Å²) in [5.74, 6) is 0.310. The van der Waals surface area contributed by atoms with E-state index in [-0.39, 0.29) is 18.1 Å². The third kappa shape index (κ3) is 6.90. The van der Waals surface area contributed by atoms with Crippen molar-refractivity contribution in [2.24, 2.45) is 11.1 Å². The smallest absolute Gasteiger partial charge is 0.326 e. The lowest BCUT2D eigenvalue weighted by molar-refractivity contribution is -0.141. The molecule has 9 heteroatoms. The van der Waals surface area contributed by atoms with Crippen molar-refractivity contribution in [3.05, 3.63) is 47.5 Å². The van der Waals surface area contributed by atoms with Gasteiger partial charge < -0.3 is 24.7 Å². The van der Waals surface area contributed by atoms with Gasteiger partial charge in [0.25, 0.3) is 5.91 Å². The number of oxime groups is 1. The molecular formula is C25H32N2O6S. The predicted molar refractivity (Wildman–Crippen MR) is 135 cm³/mol. The molecule has 0 aromatic heterocycles. The summed E-state index contributed by atoms with van der Waals surface area (Å²) in [5.41, 5.74) is 3.68. The molecule has 0 aliphatic heterocycles. The average molecular weight is 489 g/mol. The van der Waals surface area contributed by atoms with E-state index in [0.29, 0.717) is 11.5 Å². The molecule has 0 aliphatic carbocycles.